The fourth-order valence-corrected chi connectivity index (χ4v) is 15.3. The third kappa shape index (κ3) is 5.42. The van der Waals surface area contributed by atoms with Crippen LogP contribution in [0.3, 0.4) is 0 Å². The highest BCUT2D eigenvalue weighted by molar-refractivity contribution is 8.77. The van der Waals surface area contributed by atoms with Crippen LogP contribution in [0.5, 0.6) is 0 Å². The second-order valence-corrected chi connectivity index (χ2v) is 18.6. The highest BCUT2D eigenvalue weighted by Crippen LogP contribution is 2.75. The first-order chi connectivity index (χ1) is 23.3. The van der Waals surface area contributed by atoms with Crippen LogP contribution in [0.1, 0.15) is 100 Å². The number of hydrogen-bond acceptors (Lipinski definition) is 10. The quantitative estimate of drug-likeness (QED) is 0.206. The van der Waals surface area contributed by atoms with Crippen LogP contribution < -0.4 is 16.4 Å². The number of Topliss-reactive ketones (excluding diaryl/α,β-unsaturated/α-hetero) is 1. The van der Waals surface area contributed by atoms with Gasteiger partial charge in [-0.2, -0.15) is 0 Å². The number of aliphatic hydroxyl groups is 3. The second kappa shape index (κ2) is 13.9. The van der Waals surface area contributed by atoms with Crippen molar-refractivity contribution in [2.75, 3.05) is 32.6 Å². The van der Waals surface area contributed by atoms with Crippen molar-refractivity contribution < 1.29 is 20.1 Å². The average Bonchev–Trinajstić information content (AvgIpc) is 3.41. The molecule has 2 heterocycles. The van der Waals surface area contributed by atoms with Crippen LogP contribution in [0.15, 0.2) is 34.3 Å². The normalized spacial score (nSPS) is 39.4. The molecule has 6 aliphatic rings. The first-order valence-corrected chi connectivity index (χ1v) is 20.9. The van der Waals surface area contributed by atoms with Crippen LogP contribution in [-0.4, -0.2) is 70.4 Å². The highest BCUT2D eigenvalue weighted by atomic mass is 33.1. The average molecular weight is 697 g/mol. The van der Waals surface area contributed by atoms with E-state index >= 15 is 0 Å². The molecule has 0 aromatic heterocycles. The van der Waals surface area contributed by atoms with Gasteiger partial charge in [0.25, 0.3) is 0 Å². The van der Waals surface area contributed by atoms with Crippen LogP contribution in [0.4, 0.5) is 0 Å². The zero-order valence-corrected chi connectivity index (χ0v) is 30.4. The molecule has 5 bridgehead atoms. The smallest absolute Gasteiger partial charge is 0.189 e. The first kappa shape index (κ1) is 34.9. The van der Waals surface area contributed by atoms with Crippen LogP contribution >= 0.6 is 21.6 Å². The number of guanidine groups is 1. The van der Waals surface area contributed by atoms with E-state index in [-0.39, 0.29) is 59.9 Å². The van der Waals surface area contributed by atoms with E-state index < -0.39 is 0 Å². The fraction of sp³-hybridized carbons (Fsp3) is 0.737. The van der Waals surface area contributed by atoms with Crippen molar-refractivity contribution in [3.05, 3.63) is 46.0 Å². The third-order valence-corrected chi connectivity index (χ3v) is 17.1. The fourth-order valence-electron chi connectivity index (χ4n) is 12.0. The van der Waals surface area contributed by atoms with Crippen LogP contribution in [0.25, 0.3) is 0 Å². The number of carbonyl (C=O) groups excluding carboxylic acids is 1. The van der Waals surface area contributed by atoms with E-state index in [9.17, 15) is 20.1 Å². The summed E-state index contributed by atoms with van der Waals surface area (Å²) in [5.41, 5.74) is 12.1. The summed E-state index contributed by atoms with van der Waals surface area (Å²) in [6, 6.07) is 6.52. The van der Waals surface area contributed by atoms with E-state index in [2.05, 4.69) is 35.8 Å². The minimum atomic E-state index is -0.263. The molecule has 8 nitrogen and oxygen atoms in total. The molecule has 10 heteroatoms. The van der Waals surface area contributed by atoms with Crippen LogP contribution in [0, 0.1) is 34.5 Å². The molecule has 0 amide bonds. The monoisotopic (exact) mass is 696 g/mol. The molecule has 1 aromatic carbocycles. The Balaban J connectivity index is 1.26. The maximum atomic E-state index is 14.2. The molecule has 48 heavy (non-hydrogen) atoms. The number of rotatable bonds is 8. The third-order valence-electron chi connectivity index (χ3n) is 14.1. The van der Waals surface area contributed by atoms with Crippen molar-refractivity contribution in [1.82, 2.24) is 10.6 Å². The van der Waals surface area contributed by atoms with Gasteiger partial charge in [0.1, 0.15) is 0 Å². The number of carbonyl (C=O) groups is 1. The molecule has 0 radical (unpaired) electrons. The Labute approximate surface area is 294 Å². The van der Waals surface area contributed by atoms with Gasteiger partial charge in [-0.3, -0.25) is 9.79 Å². The Morgan fingerprint density at radius 2 is 2.04 bits per heavy atom. The van der Waals surface area contributed by atoms with E-state index in [4.69, 9.17) is 10.7 Å². The van der Waals surface area contributed by atoms with E-state index in [1.807, 2.05) is 28.6 Å². The lowest BCUT2D eigenvalue weighted by atomic mass is 9.47. The van der Waals surface area contributed by atoms with Gasteiger partial charge in [0, 0.05) is 55.1 Å². The van der Waals surface area contributed by atoms with Gasteiger partial charge >= 0.3 is 0 Å². The number of benzene rings is 1. The van der Waals surface area contributed by atoms with Crippen molar-refractivity contribution >= 4 is 33.3 Å². The number of nitrogens with one attached hydrogen (secondary N) is 2. The minimum absolute atomic E-state index is 0.0181. The molecule has 7 rings (SSSR count). The molecule has 0 saturated heterocycles. The zero-order chi connectivity index (χ0) is 33.7. The molecule has 264 valence electrons. The Kier molecular flexibility index (Phi) is 10.1. The first-order valence-electron chi connectivity index (χ1n) is 18.5. The number of nitrogens with zero attached hydrogens (tertiary/aromatic N) is 1. The van der Waals surface area contributed by atoms with Gasteiger partial charge in [0.15, 0.2) is 11.7 Å². The lowest BCUT2D eigenvalue weighted by Crippen LogP contribution is -2.67. The van der Waals surface area contributed by atoms with Crippen LogP contribution in [-0.2, 0) is 17.9 Å². The summed E-state index contributed by atoms with van der Waals surface area (Å²) in [4.78, 5) is 19.0. The predicted octanol–water partition coefficient (Wildman–Crippen LogP) is 5.06. The van der Waals surface area contributed by atoms with Crippen molar-refractivity contribution in [2.24, 2.45) is 45.2 Å². The SMILES string of the molecule is CNCc1ccc(CO)c([C@H]2CC[C@@H]3SSCC[C@@]4(C)[C@H]5CC6=C(CCC[C@]37NC(N)=NC[C@@H]27)C(=O)C[C@]64[C@H](CCCO)[C@@H](CO)C5)c1. The summed E-state index contributed by atoms with van der Waals surface area (Å²) >= 11 is 0. The molecule has 1 aromatic rings. The summed E-state index contributed by atoms with van der Waals surface area (Å²) in [7, 11) is 6.02. The van der Waals surface area contributed by atoms with E-state index in [1.54, 1.807) is 0 Å². The van der Waals surface area contributed by atoms with Crippen molar-refractivity contribution in [1.29, 1.82) is 0 Å². The summed E-state index contributed by atoms with van der Waals surface area (Å²) in [5.74, 6) is 3.28. The Bertz CT molecular complexity index is 1450. The number of hydrogen-bond donors (Lipinski definition) is 6. The number of aliphatic hydroxyl groups excluding tert-OH is 3. The molecule has 3 saturated carbocycles. The number of nitrogens with two attached hydrogens (primary N) is 1. The summed E-state index contributed by atoms with van der Waals surface area (Å²) in [6.45, 7) is 4.28. The Morgan fingerprint density at radius 1 is 1.19 bits per heavy atom. The van der Waals surface area contributed by atoms with Gasteiger partial charge < -0.3 is 31.7 Å². The zero-order valence-electron chi connectivity index (χ0n) is 28.8. The number of ketones is 1. The maximum Gasteiger partial charge on any atom is 0.189 e. The van der Waals surface area contributed by atoms with Crippen LogP contribution in [0.2, 0.25) is 0 Å². The van der Waals surface area contributed by atoms with Gasteiger partial charge in [0.2, 0.25) is 0 Å². The molecule has 2 spiro atoms. The molecule has 3 fully saturated rings. The highest BCUT2D eigenvalue weighted by Gasteiger charge is 2.69. The van der Waals surface area contributed by atoms with Gasteiger partial charge in [-0.25, -0.2) is 0 Å². The lowest BCUT2D eigenvalue weighted by molar-refractivity contribution is -0.125. The number of allylic oxidation sites excluding steroid dienone is 2. The Morgan fingerprint density at radius 3 is 2.81 bits per heavy atom. The van der Waals surface area contributed by atoms with E-state index in [0.29, 0.717) is 35.9 Å². The van der Waals surface area contributed by atoms with Crippen molar-refractivity contribution in [3.63, 3.8) is 0 Å². The van der Waals surface area contributed by atoms with Gasteiger partial charge in [-0.1, -0.05) is 52.3 Å². The van der Waals surface area contributed by atoms with Crippen molar-refractivity contribution in [3.8, 4) is 0 Å². The summed E-state index contributed by atoms with van der Waals surface area (Å²) < 4.78 is 0. The van der Waals surface area contributed by atoms with Gasteiger partial charge in [-0.15, -0.1) is 0 Å². The predicted molar refractivity (Wildman–Crippen MR) is 196 cm³/mol. The van der Waals surface area contributed by atoms with E-state index in [0.717, 1.165) is 87.6 Å². The molecule has 7 N–H and O–H groups in total. The molecule has 4 aliphatic carbocycles. The topological polar surface area (TPSA) is 140 Å². The second-order valence-electron chi connectivity index (χ2n) is 15.9. The lowest BCUT2D eigenvalue weighted by Gasteiger charge is -2.57. The molecule has 2 aliphatic heterocycles. The molecular weight excluding hydrogens is 641 g/mol. The summed E-state index contributed by atoms with van der Waals surface area (Å²) in [6.07, 6.45) is 9.97. The number of aliphatic imine (C=N–C) groups is 1. The standard InChI is InChI=1S/C38H56N4O4S2/c1-36-12-14-47-48-34-10-9-27(29-15-23(19-40-2)7-8-24(29)21-44)32-20-41-35(39)42-38(32,34)11-3-5-28-31-17-26(36)16-25(22-45)30(6-4-13-43)37(31,36)18-33(28)46/h7-8,15,25-27,30,32,34,40,43-45H,3-6,9-14,16-22H2,1-2H3,(H3,39,41,42)/t25-,26-,27-,30-,32+,34+,36+,37+,38-/m1/s1. The largest absolute Gasteiger partial charge is 0.396 e. The molecular formula is C38H56N4O4S2. The van der Waals surface area contributed by atoms with E-state index in [1.165, 1.54) is 16.7 Å². The van der Waals surface area contributed by atoms with Crippen molar-refractivity contribution in [2.45, 2.75) is 107 Å². The molecule has 0 unspecified atom stereocenters. The van der Waals surface area contributed by atoms with Gasteiger partial charge in [-0.05, 0) is 123 Å². The summed E-state index contributed by atoms with van der Waals surface area (Å²) in [5, 5.41) is 38.4. The maximum absolute atomic E-state index is 14.2. The molecule has 9 atom stereocenters. The van der Waals surface area contributed by atoms with Gasteiger partial charge in [0.05, 0.1) is 12.1 Å². The Hall–Kier alpha value is -1.56. The minimum Gasteiger partial charge on any atom is -0.396 e.